The van der Waals surface area contributed by atoms with Crippen molar-refractivity contribution in [1.82, 2.24) is 14.9 Å². The molecule has 0 aliphatic carbocycles. The summed E-state index contributed by atoms with van der Waals surface area (Å²) in [6.45, 7) is 2.93. The Kier molecular flexibility index (Phi) is 4.58. The topological polar surface area (TPSA) is 77.0 Å². The maximum atomic E-state index is 12.6. The molecule has 3 rings (SSSR count). The van der Waals surface area contributed by atoms with Crippen LogP contribution in [0.2, 0.25) is 0 Å². The highest BCUT2D eigenvalue weighted by atomic mass is 32.2. The fourth-order valence-corrected chi connectivity index (χ4v) is 4.11. The molecular formula is C14H17N5OS2. The van der Waals surface area contributed by atoms with Crippen LogP contribution in [0.15, 0.2) is 40.6 Å². The first-order valence-electron chi connectivity index (χ1n) is 6.99. The predicted octanol–water partition coefficient (Wildman–Crippen LogP) is 2.00. The number of hydrogen-bond acceptors (Lipinski definition) is 6. The molecule has 2 aromatic rings. The standard InChI is InChI=1S/C14H17N5OS2/c1-10-6-7-18(11-4-2-3-5-12(11)22-10)13(20)8-21-14-17-16-9-19(14)15/h2-5,9-10H,6-8,15H2,1H3/t10-/m0/s1. The molecule has 1 aliphatic heterocycles. The molecule has 1 aromatic carbocycles. The predicted molar refractivity (Wildman–Crippen MR) is 89.6 cm³/mol. The molecule has 6 nitrogen and oxygen atoms in total. The van der Waals surface area contributed by atoms with Crippen LogP contribution < -0.4 is 10.7 Å². The van der Waals surface area contributed by atoms with E-state index in [1.165, 1.54) is 22.8 Å². The van der Waals surface area contributed by atoms with Crippen molar-refractivity contribution < 1.29 is 4.79 Å². The molecular weight excluding hydrogens is 318 g/mol. The molecule has 1 atom stereocenters. The fourth-order valence-electron chi connectivity index (χ4n) is 2.29. The summed E-state index contributed by atoms with van der Waals surface area (Å²) >= 11 is 3.13. The summed E-state index contributed by atoms with van der Waals surface area (Å²) in [5, 5.41) is 8.64. The number of anilines is 1. The molecule has 1 aromatic heterocycles. The SMILES string of the molecule is C[C@H]1CCN(C(=O)CSc2nncn2N)c2ccccc2S1. The lowest BCUT2D eigenvalue weighted by molar-refractivity contribution is -0.116. The second kappa shape index (κ2) is 6.62. The average molecular weight is 335 g/mol. The minimum absolute atomic E-state index is 0.0650. The number of para-hydroxylation sites is 1. The van der Waals surface area contributed by atoms with Crippen molar-refractivity contribution in [1.29, 1.82) is 0 Å². The molecule has 8 heteroatoms. The zero-order valence-corrected chi connectivity index (χ0v) is 13.8. The van der Waals surface area contributed by atoms with Gasteiger partial charge in [-0.25, -0.2) is 4.68 Å². The Morgan fingerprint density at radius 3 is 3.09 bits per heavy atom. The molecule has 0 fully saturated rings. The van der Waals surface area contributed by atoms with E-state index < -0.39 is 0 Å². The van der Waals surface area contributed by atoms with Gasteiger partial charge in [0.25, 0.3) is 0 Å². The van der Waals surface area contributed by atoms with E-state index >= 15 is 0 Å². The average Bonchev–Trinajstić information content (AvgIpc) is 2.83. The monoisotopic (exact) mass is 335 g/mol. The number of nitrogens with zero attached hydrogens (tertiary/aromatic N) is 4. The Morgan fingerprint density at radius 2 is 2.32 bits per heavy atom. The smallest absolute Gasteiger partial charge is 0.237 e. The Balaban J connectivity index is 1.75. The van der Waals surface area contributed by atoms with Crippen molar-refractivity contribution in [3.05, 3.63) is 30.6 Å². The lowest BCUT2D eigenvalue weighted by atomic mass is 10.2. The lowest BCUT2D eigenvalue weighted by Crippen LogP contribution is -2.33. The molecule has 0 unspecified atom stereocenters. The van der Waals surface area contributed by atoms with E-state index in [1.807, 2.05) is 34.9 Å². The second-order valence-electron chi connectivity index (χ2n) is 5.04. The number of fused-ring (bicyclic) bond motifs is 1. The molecule has 22 heavy (non-hydrogen) atoms. The van der Waals surface area contributed by atoms with Crippen LogP contribution in [-0.4, -0.2) is 38.3 Å². The molecule has 0 saturated heterocycles. The van der Waals surface area contributed by atoms with E-state index in [1.54, 1.807) is 0 Å². The number of rotatable bonds is 3. The Hall–Kier alpha value is -1.67. The van der Waals surface area contributed by atoms with Gasteiger partial charge in [-0.15, -0.1) is 22.0 Å². The van der Waals surface area contributed by atoms with Gasteiger partial charge in [-0.2, -0.15) is 0 Å². The van der Waals surface area contributed by atoms with Crippen molar-refractivity contribution in [2.24, 2.45) is 0 Å². The quantitative estimate of drug-likeness (QED) is 0.683. The maximum Gasteiger partial charge on any atom is 0.237 e. The zero-order valence-electron chi connectivity index (χ0n) is 12.2. The van der Waals surface area contributed by atoms with Crippen LogP contribution in [0.4, 0.5) is 5.69 Å². The molecule has 0 bridgehead atoms. The number of benzene rings is 1. The van der Waals surface area contributed by atoms with Crippen LogP contribution in [0.25, 0.3) is 0 Å². The number of carbonyl (C=O) groups excluding carboxylic acids is 1. The van der Waals surface area contributed by atoms with Gasteiger partial charge in [0.2, 0.25) is 11.1 Å². The van der Waals surface area contributed by atoms with Gasteiger partial charge in [0.1, 0.15) is 6.33 Å². The van der Waals surface area contributed by atoms with Crippen molar-refractivity contribution >= 4 is 35.1 Å². The number of nitrogen functional groups attached to an aromatic ring is 1. The third-order valence-corrected chi connectivity index (χ3v) is 5.59. The summed E-state index contributed by atoms with van der Waals surface area (Å²) in [6.07, 6.45) is 2.40. The van der Waals surface area contributed by atoms with Crippen LogP contribution in [0, 0.1) is 0 Å². The lowest BCUT2D eigenvalue weighted by Gasteiger charge is -2.22. The van der Waals surface area contributed by atoms with Gasteiger partial charge in [-0.05, 0) is 18.6 Å². The van der Waals surface area contributed by atoms with Crippen molar-refractivity contribution in [2.75, 3.05) is 23.0 Å². The van der Waals surface area contributed by atoms with E-state index in [4.69, 9.17) is 5.84 Å². The molecule has 2 heterocycles. The minimum Gasteiger partial charge on any atom is -0.336 e. The van der Waals surface area contributed by atoms with E-state index in [9.17, 15) is 4.79 Å². The Morgan fingerprint density at radius 1 is 1.50 bits per heavy atom. The highest BCUT2D eigenvalue weighted by Gasteiger charge is 2.24. The highest BCUT2D eigenvalue weighted by Crippen LogP contribution is 2.37. The maximum absolute atomic E-state index is 12.6. The van der Waals surface area contributed by atoms with Gasteiger partial charge < -0.3 is 10.7 Å². The molecule has 1 aliphatic rings. The summed E-state index contributed by atoms with van der Waals surface area (Å²) in [5.41, 5.74) is 0.997. The van der Waals surface area contributed by atoms with E-state index in [0.717, 1.165) is 23.5 Å². The van der Waals surface area contributed by atoms with Gasteiger partial charge in [-0.1, -0.05) is 30.8 Å². The largest absolute Gasteiger partial charge is 0.336 e. The Labute approximate surface area is 137 Å². The van der Waals surface area contributed by atoms with E-state index in [-0.39, 0.29) is 5.91 Å². The van der Waals surface area contributed by atoms with Gasteiger partial charge in [-0.3, -0.25) is 4.79 Å². The van der Waals surface area contributed by atoms with Crippen LogP contribution >= 0.6 is 23.5 Å². The number of hydrogen-bond donors (Lipinski definition) is 1. The first kappa shape index (κ1) is 15.2. The summed E-state index contributed by atoms with van der Waals surface area (Å²) in [4.78, 5) is 15.7. The first-order valence-corrected chi connectivity index (χ1v) is 8.85. The number of aromatic nitrogens is 3. The molecule has 0 saturated carbocycles. The van der Waals surface area contributed by atoms with Gasteiger partial charge in [0.15, 0.2) is 0 Å². The molecule has 0 spiro atoms. The van der Waals surface area contributed by atoms with Gasteiger partial charge in [0, 0.05) is 16.7 Å². The van der Waals surface area contributed by atoms with Crippen molar-refractivity contribution in [3.63, 3.8) is 0 Å². The molecule has 1 amide bonds. The summed E-state index contributed by atoms with van der Waals surface area (Å²) in [7, 11) is 0. The normalized spacial score (nSPS) is 17.9. The minimum atomic E-state index is 0.0650. The van der Waals surface area contributed by atoms with Crippen molar-refractivity contribution in [3.8, 4) is 0 Å². The Bertz CT molecular complexity index is 675. The number of amides is 1. The van der Waals surface area contributed by atoms with Crippen LogP contribution in [0.3, 0.4) is 0 Å². The highest BCUT2D eigenvalue weighted by molar-refractivity contribution is 8.00. The van der Waals surface area contributed by atoms with E-state index in [0.29, 0.717) is 16.2 Å². The van der Waals surface area contributed by atoms with Crippen LogP contribution in [0.1, 0.15) is 13.3 Å². The first-order chi connectivity index (χ1) is 10.6. The fraction of sp³-hybridized carbons (Fsp3) is 0.357. The van der Waals surface area contributed by atoms with Gasteiger partial charge in [0.05, 0.1) is 11.4 Å². The summed E-state index contributed by atoms with van der Waals surface area (Å²) in [6, 6.07) is 8.07. The van der Waals surface area contributed by atoms with Crippen molar-refractivity contribution in [2.45, 2.75) is 28.6 Å². The number of thioether (sulfide) groups is 2. The number of carbonyl (C=O) groups is 1. The van der Waals surface area contributed by atoms with Crippen LogP contribution in [-0.2, 0) is 4.79 Å². The second-order valence-corrected chi connectivity index (χ2v) is 7.46. The molecule has 116 valence electrons. The van der Waals surface area contributed by atoms with E-state index in [2.05, 4.69) is 23.2 Å². The molecule has 0 radical (unpaired) electrons. The third-order valence-electron chi connectivity index (χ3n) is 3.41. The number of nitrogens with two attached hydrogens (primary N) is 1. The third kappa shape index (κ3) is 3.22. The summed E-state index contributed by atoms with van der Waals surface area (Å²) in [5.74, 6) is 6.03. The molecule has 2 N–H and O–H groups in total. The van der Waals surface area contributed by atoms with Gasteiger partial charge >= 0.3 is 0 Å². The zero-order chi connectivity index (χ0) is 15.5. The summed E-state index contributed by atoms with van der Waals surface area (Å²) < 4.78 is 1.33. The van der Waals surface area contributed by atoms with Crippen LogP contribution in [0.5, 0.6) is 0 Å².